The first-order valence-corrected chi connectivity index (χ1v) is 5.54. The third-order valence-corrected chi connectivity index (χ3v) is 2.02. The number of amides is 3. The van der Waals surface area contributed by atoms with Crippen molar-refractivity contribution in [3.8, 4) is 0 Å². The molecule has 6 nitrogen and oxygen atoms in total. The predicted molar refractivity (Wildman–Crippen MR) is 61.0 cm³/mol. The van der Waals surface area contributed by atoms with Crippen LogP contribution in [0.1, 0.15) is 20.3 Å². The number of hydrogen-bond acceptors (Lipinski definition) is 4. The van der Waals surface area contributed by atoms with Crippen LogP contribution in [0.3, 0.4) is 0 Å². The Labute approximate surface area is 96.0 Å². The van der Waals surface area contributed by atoms with Gasteiger partial charge in [0, 0.05) is 13.1 Å². The molecule has 0 aromatic rings. The zero-order valence-electron chi connectivity index (χ0n) is 9.95. The lowest BCUT2D eigenvalue weighted by Crippen LogP contribution is -2.45. The first-order valence-electron chi connectivity index (χ1n) is 5.54. The highest BCUT2D eigenvalue weighted by atomic mass is 16.3. The molecule has 0 saturated carbocycles. The Kier molecular flexibility index (Phi) is 8.46. The zero-order valence-corrected chi connectivity index (χ0v) is 9.95. The highest BCUT2D eigenvalue weighted by molar-refractivity contribution is 5.95. The normalized spacial score (nSPS) is 10.2. The Balaban J connectivity index is 3.82. The first kappa shape index (κ1) is 14.9. The van der Waals surface area contributed by atoms with Crippen molar-refractivity contribution in [1.29, 1.82) is 0 Å². The number of carbonyl (C=O) groups excluding carboxylic acids is 2. The molecule has 0 aliphatic carbocycles. The lowest BCUT2D eigenvalue weighted by molar-refractivity contribution is -0.121. The van der Waals surface area contributed by atoms with Gasteiger partial charge in [-0.3, -0.25) is 15.0 Å². The fraction of sp³-hybridized carbons (Fsp3) is 0.800. The molecule has 0 atom stereocenters. The number of likely N-dealkylation sites (N-methyl/N-ethyl adjacent to an activating group) is 1. The molecule has 0 rings (SSSR count). The number of aliphatic hydroxyl groups excluding tert-OH is 1. The molecule has 16 heavy (non-hydrogen) atoms. The summed E-state index contributed by atoms with van der Waals surface area (Å²) >= 11 is 0. The fourth-order valence-corrected chi connectivity index (χ4v) is 1.14. The van der Waals surface area contributed by atoms with Gasteiger partial charge in [0.15, 0.2) is 0 Å². The molecule has 0 radical (unpaired) electrons. The topological polar surface area (TPSA) is 81.7 Å². The molecule has 0 aromatic carbocycles. The molecule has 0 unspecified atom stereocenters. The number of urea groups is 1. The van der Waals surface area contributed by atoms with E-state index in [1.54, 1.807) is 4.90 Å². The highest BCUT2D eigenvalue weighted by Gasteiger charge is 2.10. The third-order valence-electron chi connectivity index (χ3n) is 2.02. The molecular weight excluding hydrogens is 210 g/mol. The zero-order chi connectivity index (χ0) is 12.4. The summed E-state index contributed by atoms with van der Waals surface area (Å²) in [6, 6.07) is -0.466. The van der Waals surface area contributed by atoms with E-state index in [9.17, 15) is 9.59 Å². The standard InChI is InChI=1S/C10H21N3O3/c1-3-5-11-10(16)12-9(15)8-13(4-2)6-7-14/h14H,3-8H2,1-2H3,(H2,11,12,15,16). The number of carbonyl (C=O) groups is 2. The van der Waals surface area contributed by atoms with Gasteiger partial charge in [-0.05, 0) is 13.0 Å². The van der Waals surface area contributed by atoms with Gasteiger partial charge < -0.3 is 10.4 Å². The van der Waals surface area contributed by atoms with Crippen LogP contribution in [0.4, 0.5) is 4.79 Å². The second-order valence-corrected chi connectivity index (χ2v) is 3.40. The van der Waals surface area contributed by atoms with E-state index in [1.165, 1.54) is 0 Å². The van der Waals surface area contributed by atoms with E-state index in [-0.39, 0.29) is 19.1 Å². The van der Waals surface area contributed by atoms with Gasteiger partial charge in [-0.25, -0.2) is 4.79 Å². The first-order chi connectivity index (χ1) is 7.63. The van der Waals surface area contributed by atoms with Gasteiger partial charge in [-0.15, -0.1) is 0 Å². The van der Waals surface area contributed by atoms with Gasteiger partial charge in [0.25, 0.3) is 0 Å². The van der Waals surface area contributed by atoms with E-state index in [0.29, 0.717) is 19.6 Å². The Morgan fingerprint density at radius 1 is 1.31 bits per heavy atom. The average molecular weight is 231 g/mol. The molecule has 0 aliphatic heterocycles. The molecule has 0 fully saturated rings. The van der Waals surface area contributed by atoms with Crippen molar-refractivity contribution in [2.24, 2.45) is 0 Å². The lowest BCUT2D eigenvalue weighted by Gasteiger charge is -2.17. The third kappa shape index (κ3) is 7.19. The molecule has 94 valence electrons. The summed E-state index contributed by atoms with van der Waals surface area (Å²) in [5, 5.41) is 13.5. The minimum Gasteiger partial charge on any atom is -0.395 e. The van der Waals surface area contributed by atoms with Crippen LogP contribution in [0.25, 0.3) is 0 Å². The maximum absolute atomic E-state index is 11.4. The predicted octanol–water partition coefficient (Wildman–Crippen LogP) is -0.464. The van der Waals surface area contributed by atoms with Gasteiger partial charge in [0.2, 0.25) is 5.91 Å². The molecule has 3 N–H and O–H groups in total. The van der Waals surface area contributed by atoms with Crippen LogP contribution in [0.2, 0.25) is 0 Å². The SMILES string of the molecule is CCCNC(=O)NC(=O)CN(CC)CCO. The molecule has 0 spiro atoms. The largest absolute Gasteiger partial charge is 0.395 e. The van der Waals surface area contributed by atoms with Gasteiger partial charge in [-0.1, -0.05) is 13.8 Å². The van der Waals surface area contributed by atoms with Crippen LogP contribution in [0.5, 0.6) is 0 Å². The summed E-state index contributed by atoms with van der Waals surface area (Å²) in [5.41, 5.74) is 0. The Hall–Kier alpha value is -1.14. The van der Waals surface area contributed by atoms with E-state index >= 15 is 0 Å². The Bertz CT molecular complexity index is 221. The maximum Gasteiger partial charge on any atom is 0.321 e. The summed E-state index contributed by atoms with van der Waals surface area (Å²) in [5.74, 6) is -0.357. The summed E-state index contributed by atoms with van der Waals surface area (Å²) in [6.45, 7) is 5.58. The van der Waals surface area contributed by atoms with Crippen LogP contribution in [-0.2, 0) is 4.79 Å². The van der Waals surface area contributed by atoms with Crippen LogP contribution in [-0.4, -0.2) is 54.7 Å². The molecule has 0 aliphatic rings. The maximum atomic E-state index is 11.4. The second-order valence-electron chi connectivity index (χ2n) is 3.40. The Morgan fingerprint density at radius 3 is 2.50 bits per heavy atom. The van der Waals surface area contributed by atoms with Gasteiger partial charge >= 0.3 is 6.03 Å². The number of nitrogens with one attached hydrogen (secondary N) is 2. The van der Waals surface area contributed by atoms with Crippen LogP contribution in [0, 0.1) is 0 Å². The van der Waals surface area contributed by atoms with Gasteiger partial charge in [-0.2, -0.15) is 0 Å². The van der Waals surface area contributed by atoms with Crippen LogP contribution >= 0.6 is 0 Å². The van der Waals surface area contributed by atoms with E-state index < -0.39 is 6.03 Å². The van der Waals surface area contributed by atoms with Gasteiger partial charge in [0.05, 0.1) is 13.2 Å². The van der Waals surface area contributed by atoms with Crippen LogP contribution < -0.4 is 10.6 Å². The molecule has 0 bridgehead atoms. The van der Waals surface area contributed by atoms with E-state index in [1.807, 2.05) is 13.8 Å². The summed E-state index contributed by atoms with van der Waals surface area (Å²) in [6.07, 6.45) is 0.827. The molecule has 6 heteroatoms. The quantitative estimate of drug-likeness (QED) is 0.553. The fourth-order valence-electron chi connectivity index (χ4n) is 1.14. The number of aliphatic hydroxyl groups is 1. The molecule has 3 amide bonds. The summed E-state index contributed by atoms with van der Waals surface area (Å²) in [7, 11) is 0. The van der Waals surface area contributed by atoms with Crippen molar-refractivity contribution in [2.45, 2.75) is 20.3 Å². The minimum atomic E-state index is -0.466. The summed E-state index contributed by atoms with van der Waals surface area (Å²) in [4.78, 5) is 24.2. The number of rotatable bonds is 7. The van der Waals surface area contributed by atoms with E-state index in [4.69, 9.17) is 5.11 Å². The van der Waals surface area contributed by atoms with Crippen molar-refractivity contribution < 1.29 is 14.7 Å². The van der Waals surface area contributed by atoms with Crippen molar-refractivity contribution in [3.05, 3.63) is 0 Å². The molecule has 0 heterocycles. The molecule has 0 aromatic heterocycles. The van der Waals surface area contributed by atoms with Crippen LogP contribution in [0.15, 0.2) is 0 Å². The number of nitrogens with zero attached hydrogens (tertiary/aromatic N) is 1. The number of hydrogen-bond donors (Lipinski definition) is 3. The van der Waals surface area contributed by atoms with E-state index in [2.05, 4.69) is 10.6 Å². The second kappa shape index (κ2) is 9.11. The van der Waals surface area contributed by atoms with Gasteiger partial charge in [0.1, 0.15) is 0 Å². The lowest BCUT2D eigenvalue weighted by atomic mass is 10.4. The summed E-state index contributed by atoms with van der Waals surface area (Å²) < 4.78 is 0. The monoisotopic (exact) mass is 231 g/mol. The molecular formula is C10H21N3O3. The van der Waals surface area contributed by atoms with Crippen molar-refractivity contribution in [3.63, 3.8) is 0 Å². The van der Waals surface area contributed by atoms with Crippen molar-refractivity contribution in [2.75, 3.05) is 32.8 Å². The van der Waals surface area contributed by atoms with E-state index in [0.717, 1.165) is 6.42 Å². The highest BCUT2D eigenvalue weighted by Crippen LogP contribution is 1.86. The van der Waals surface area contributed by atoms with Crippen molar-refractivity contribution >= 4 is 11.9 Å². The average Bonchev–Trinajstić information content (AvgIpc) is 2.25. The van der Waals surface area contributed by atoms with Crippen molar-refractivity contribution in [1.82, 2.24) is 15.5 Å². The number of imide groups is 1. The Morgan fingerprint density at radius 2 is 2.00 bits per heavy atom. The smallest absolute Gasteiger partial charge is 0.321 e. The minimum absolute atomic E-state index is 0.00313. The molecule has 0 saturated heterocycles.